The van der Waals surface area contributed by atoms with Gasteiger partial charge in [0.05, 0.1) is 18.3 Å². The Morgan fingerprint density at radius 2 is 1.78 bits per heavy atom. The normalized spacial score (nSPS) is 56.5. The highest BCUT2D eigenvalue weighted by Crippen LogP contribution is 2.66. The van der Waals surface area contributed by atoms with Crippen LogP contribution in [0.3, 0.4) is 0 Å². The molecule has 0 aliphatic heterocycles. The molecule has 3 rings (SSSR count). The van der Waals surface area contributed by atoms with Crippen LogP contribution in [0.4, 0.5) is 0 Å². The van der Waals surface area contributed by atoms with Gasteiger partial charge in [0.2, 0.25) is 0 Å². The molecule has 0 amide bonds. The van der Waals surface area contributed by atoms with Gasteiger partial charge in [0, 0.05) is 5.41 Å². The minimum atomic E-state index is -0.952. The molecular formula is C20H34O3. The second-order valence-corrected chi connectivity index (χ2v) is 9.45. The Bertz CT molecular complexity index is 491. The Labute approximate surface area is 140 Å². The summed E-state index contributed by atoms with van der Waals surface area (Å²) in [5.41, 5.74) is -1.43. The summed E-state index contributed by atoms with van der Waals surface area (Å²) in [6.45, 7) is 10.4. The van der Waals surface area contributed by atoms with E-state index >= 15 is 0 Å². The van der Waals surface area contributed by atoms with E-state index in [1.54, 1.807) is 0 Å². The van der Waals surface area contributed by atoms with E-state index in [4.69, 9.17) is 0 Å². The fourth-order valence-corrected chi connectivity index (χ4v) is 6.27. The van der Waals surface area contributed by atoms with Crippen molar-refractivity contribution in [2.24, 2.45) is 28.1 Å². The minimum Gasteiger partial charge on any atom is -0.396 e. The molecule has 0 unspecified atom stereocenters. The van der Waals surface area contributed by atoms with Crippen molar-refractivity contribution in [3.8, 4) is 0 Å². The lowest BCUT2D eigenvalue weighted by molar-refractivity contribution is -0.266. The zero-order valence-corrected chi connectivity index (χ0v) is 15.0. The lowest BCUT2D eigenvalue weighted by atomic mass is 9.41. The molecule has 23 heavy (non-hydrogen) atoms. The molecule has 3 N–H and O–H groups in total. The van der Waals surface area contributed by atoms with Gasteiger partial charge in [0.15, 0.2) is 0 Å². The number of hydrogen-bond donors (Lipinski definition) is 3. The third-order valence-corrected chi connectivity index (χ3v) is 8.40. The fraction of sp³-hybridized carbons (Fsp3) is 0.900. The summed E-state index contributed by atoms with van der Waals surface area (Å²) < 4.78 is 0. The predicted octanol–water partition coefficient (Wildman–Crippen LogP) is 3.28. The van der Waals surface area contributed by atoms with E-state index in [9.17, 15) is 15.3 Å². The quantitative estimate of drug-likeness (QED) is 0.684. The van der Waals surface area contributed by atoms with Gasteiger partial charge in [-0.3, -0.25) is 0 Å². The molecule has 0 heterocycles. The minimum absolute atomic E-state index is 0.103. The van der Waals surface area contributed by atoms with Gasteiger partial charge >= 0.3 is 0 Å². The van der Waals surface area contributed by atoms with Gasteiger partial charge < -0.3 is 15.3 Å². The van der Waals surface area contributed by atoms with Crippen LogP contribution in [0, 0.1) is 28.1 Å². The number of aliphatic hydroxyl groups excluding tert-OH is 2. The van der Waals surface area contributed by atoms with Crippen LogP contribution in [0.5, 0.6) is 0 Å². The molecule has 0 aromatic carbocycles. The van der Waals surface area contributed by atoms with Crippen molar-refractivity contribution in [2.45, 2.75) is 77.4 Å². The average Bonchev–Trinajstić information content (AvgIpc) is 2.53. The molecule has 0 radical (unpaired) electrons. The molecular weight excluding hydrogens is 288 g/mol. The summed E-state index contributed by atoms with van der Waals surface area (Å²) in [6.07, 6.45) is 8.11. The third kappa shape index (κ3) is 2.19. The maximum Gasteiger partial charge on any atom is 0.0781 e. The Balaban J connectivity index is 1.97. The smallest absolute Gasteiger partial charge is 0.0781 e. The van der Waals surface area contributed by atoms with Crippen molar-refractivity contribution in [2.75, 3.05) is 6.61 Å². The van der Waals surface area contributed by atoms with Crippen LogP contribution < -0.4 is 0 Å². The molecule has 3 aliphatic carbocycles. The van der Waals surface area contributed by atoms with Crippen molar-refractivity contribution in [1.82, 2.24) is 0 Å². The van der Waals surface area contributed by atoms with Crippen molar-refractivity contribution in [3.63, 3.8) is 0 Å². The first-order chi connectivity index (χ1) is 10.7. The van der Waals surface area contributed by atoms with Crippen LogP contribution in [-0.4, -0.2) is 33.6 Å². The second kappa shape index (κ2) is 5.31. The molecule has 3 saturated carbocycles. The fourth-order valence-electron chi connectivity index (χ4n) is 6.27. The van der Waals surface area contributed by atoms with Crippen molar-refractivity contribution < 1.29 is 15.3 Å². The average molecular weight is 322 g/mol. The SMILES string of the molecule is C=C[C@]1(C)CC[C@]2(C)[C@H](CC[C@@]3(O)[C@H]2CC[C@@H](O)[C@]3(C)CO)C1. The summed E-state index contributed by atoms with van der Waals surface area (Å²) in [4.78, 5) is 0. The van der Waals surface area contributed by atoms with E-state index in [0.29, 0.717) is 18.8 Å². The van der Waals surface area contributed by atoms with Crippen molar-refractivity contribution in [1.29, 1.82) is 0 Å². The zero-order valence-electron chi connectivity index (χ0n) is 15.0. The van der Waals surface area contributed by atoms with Gasteiger partial charge in [-0.05, 0) is 67.6 Å². The monoisotopic (exact) mass is 322 g/mol. The zero-order chi connectivity index (χ0) is 17.1. The summed E-state index contributed by atoms with van der Waals surface area (Å²) in [6, 6.07) is 0. The summed E-state index contributed by atoms with van der Waals surface area (Å²) in [5, 5.41) is 32.1. The Kier molecular flexibility index (Phi) is 4.02. The maximum absolute atomic E-state index is 11.6. The molecule has 3 nitrogen and oxygen atoms in total. The molecule has 0 saturated heterocycles. The summed E-state index contributed by atoms with van der Waals surface area (Å²) in [5.74, 6) is 0.770. The van der Waals surface area contributed by atoms with E-state index in [1.807, 2.05) is 6.92 Å². The lowest BCUT2D eigenvalue weighted by Gasteiger charge is -2.66. The predicted molar refractivity (Wildman–Crippen MR) is 91.9 cm³/mol. The highest BCUT2D eigenvalue weighted by Gasteiger charge is 2.66. The van der Waals surface area contributed by atoms with Crippen molar-refractivity contribution >= 4 is 0 Å². The summed E-state index contributed by atoms with van der Waals surface area (Å²) in [7, 11) is 0. The van der Waals surface area contributed by atoms with Crippen LogP contribution in [0.25, 0.3) is 0 Å². The van der Waals surface area contributed by atoms with Crippen molar-refractivity contribution in [3.05, 3.63) is 12.7 Å². The molecule has 132 valence electrons. The largest absolute Gasteiger partial charge is 0.396 e. The van der Waals surface area contributed by atoms with E-state index in [0.717, 1.165) is 32.1 Å². The van der Waals surface area contributed by atoms with E-state index < -0.39 is 17.1 Å². The molecule has 3 fully saturated rings. The van der Waals surface area contributed by atoms with Gasteiger partial charge in [-0.1, -0.05) is 26.8 Å². The van der Waals surface area contributed by atoms with E-state index in [-0.39, 0.29) is 23.4 Å². The second-order valence-electron chi connectivity index (χ2n) is 9.45. The van der Waals surface area contributed by atoms with E-state index in [1.165, 1.54) is 0 Å². The number of aliphatic hydroxyl groups is 3. The molecule has 7 atom stereocenters. The molecule has 3 aliphatic rings. The van der Waals surface area contributed by atoms with Crippen LogP contribution in [0.2, 0.25) is 0 Å². The highest BCUT2D eigenvalue weighted by atomic mass is 16.3. The molecule has 0 aromatic heterocycles. The van der Waals surface area contributed by atoms with Crippen LogP contribution in [0.1, 0.15) is 65.7 Å². The number of allylic oxidation sites excluding steroid dienone is 1. The van der Waals surface area contributed by atoms with Gasteiger partial charge in [-0.2, -0.15) is 0 Å². The highest BCUT2D eigenvalue weighted by molar-refractivity contribution is 5.17. The van der Waals surface area contributed by atoms with Gasteiger partial charge in [0.25, 0.3) is 0 Å². The first kappa shape index (κ1) is 17.4. The third-order valence-electron chi connectivity index (χ3n) is 8.40. The first-order valence-electron chi connectivity index (χ1n) is 9.30. The Morgan fingerprint density at radius 1 is 1.09 bits per heavy atom. The molecule has 0 aromatic rings. The Morgan fingerprint density at radius 3 is 2.39 bits per heavy atom. The van der Waals surface area contributed by atoms with Crippen LogP contribution >= 0.6 is 0 Å². The maximum atomic E-state index is 11.6. The van der Waals surface area contributed by atoms with Gasteiger partial charge in [-0.25, -0.2) is 0 Å². The number of fused-ring (bicyclic) bond motifs is 3. The number of hydrogen-bond acceptors (Lipinski definition) is 3. The standard InChI is InChI=1S/C20H34O3/c1-5-17(2)10-11-18(3)14(12-17)8-9-20(23)15(18)6-7-16(22)19(20,4)13-21/h5,14-16,21-23H,1,6-13H2,2-4H3/t14-,15+,16-,17-,18-,19+,20-/m1/s1. The number of rotatable bonds is 2. The summed E-state index contributed by atoms with van der Waals surface area (Å²) >= 11 is 0. The molecule has 3 heteroatoms. The first-order valence-corrected chi connectivity index (χ1v) is 9.30. The van der Waals surface area contributed by atoms with Crippen LogP contribution in [-0.2, 0) is 0 Å². The molecule has 0 bridgehead atoms. The van der Waals surface area contributed by atoms with E-state index in [2.05, 4.69) is 26.5 Å². The Hall–Kier alpha value is -0.380. The topological polar surface area (TPSA) is 60.7 Å². The van der Waals surface area contributed by atoms with Gasteiger partial charge in [-0.15, -0.1) is 6.58 Å². The van der Waals surface area contributed by atoms with Crippen LogP contribution in [0.15, 0.2) is 12.7 Å². The molecule has 0 spiro atoms. The van der Waals surface area contributed by atoms with Gasteiger partial charge in [0.1, 0.15) is 0 Å². The lowest BCUT2D eigenvalue weighted by Crippen LogP contribution is -2.69.